The lowest BCUT2D eigenvalue weighted by atomic mass is 10.1. The lowest BCUT2D eigenvalue weighted by molar-refractivity contribution is -0.0281. The van der Waals surface area contributed by atoms with Gasteiger partial charge in [0.1, 0.15) is 0 Å². The van der Waals surface area contributed by atoms with E-state index in [4.69, 9.17) is 16.3 Å². The smallest absolute Gasteiger partial charge is 0.236 e. The zero-order chi connectivity index (χ0) is 18.6. The summed E-state index contributed by atoms with van der Waals surface area (Å²) in [7, 11) is -3.50. The van der Waals surface area contributed by atoms with E-state index in [1.165, 1.54) is 0 Å². The molecule has 7 heteroatoms. The van der Waals surface area contributed by atoms with E-state index >= 15 is 0 Å². The fraction of sp³-hybridized carbons (Fsp3) is 0.368. The zero-order valence-electron chi connectivity index (χ0n) is 14.7. The molecule has 1 saturated heterocycles. The molecule has 1 aliphatic rings. The number of anilines is 1. The number of rotatable bonds is 6. The molecule has 0 spiro atoms. The quantitative estimate of drug-likeness (QED) is 0.812. The van der Waals surface area contributed by atoms with Gasteiger partial charge in [-0.05, 0) is 41.9 Å². The minimum absolute atomic E-state index is 0.0285. The van der Waals surface area contributed by atoms with E-state index in [2.05, 4.69) is 16.5 Å². The summed E-state index contributed by atoms with van der Waals surface area (Å²) in [6, 6.07) is 14.3. The lowest BCUT2D eigenvalue weighted by Crippen LogP contribution is -2.38. The van der Waals surface area contributed by atoms with Crippen LogP contribution in [0.1, 0.15) is 24.2 Å². The molecule has 2 aromatic carbocycles. The van der Waals surface area contributed by atoms with Crippen molar-refractivity contribution in [1.82, 2.24) is 4.90 Å². The number of halogens is 1. The van der Waals surface area contributed by atoms with Crippen LogP contribution < -0.4 is 4.72 Å². The van der Waals surface area contributed by atoms with Gasteiger partial charge in [-0.1, -0.05) is 42.8 Å². The molecule has 0 aromatic heterocycles. The van der Waals surface area contributed by atoms with E-state index < -0.39 is 10.0 Å². The average Bonchev–Trinajstić information content (AvgIpc) is 2.61. The fourth-order valence-corrected chi connectivity index (χ4v) is 4.42. The van der Waals surface area contributed by atoms with Crippen LogP contribution in [0.5, 0.6) is 0 Å². The van der Waals surface area contributed by atoms with Crippen molar-refractivity contribution >= 4 is 27.3 Å². The molecule has 1 fully saturated rings. The summed E-state index contributed by atoms with van der Waals surface area (Å²) in [4.78, 5) is 2.34. The Hall–Kier alpha value is -1.60. The minimum atomic E-state index is -3.50. The summed E-state index contributed by atoms with van der Waals surface area (Å²) >= 11 is 5.92. The molecule has 1 N–H and O–H groups in total. The van der Waals surface area contributed by atoms with Crippen LogP contribution in [0.3, 0.4) is 0 Å². The van der Waals surface area contributed by atoms with Crippen LogP contribution in [0.2, 0.25) is 5.02 Å². The summed E-state index contributed by atoms with van der Waals surface area (Å²) in [6.07, 6.45) is 0.0285. The Bertz CT molecular complexity index is 840. The number of nitrogens with zero attached hydrogens (tertiary/aromatic N) is 1. The second kappa shape index (κ2) is 8.39. The number of hydrogen-bond acceptors (Lipinski definition) is 4. The first-order chi connectivity index (χ1) is 12.4. The number of sulfonamides is 1. The zero-order valence-corrected chi connectivity index (χ0v) is 16.3. The van der Waals surface area contributed by atoms with Crippen molar-refractivity contribution < 1.29 is 13.2 Å². The van der Waals surface area contributed by atoms with Crippen molar-refractivity contribution in [2.24, 2.45) is 0 Å². The minimum Gasteiger partial charge on any atom is -0.371 e. The average molecular weight is 395 g/mol. The van der Waals surface area contributed by atoms with Gasteiger partial charge in [-0.15, -0.1) is 0 Å². The highest BCUT2D eigenvalue weighted by Crippen LogP contribution is 2.24. The molecule has 26 heavy (non-hydrogen) atoms. The third-order valence-corrected chi connectivity index (χ3v) is 5.89. The van der Waals surface area contributed by atoms with Crippen LogP contribution in [0.4, 0.5) is 5.69 Å². The van der Waals surface area contributed by atoms with Gasteiger partial charge in [-0.2, -0.15) is 0 Å². The Balaban J connectivity index is 1.65. The summed E-state index contributed by atoms with van der Waals surface area (Å²) in [5.74, 6) is -0.119. The summed E-state index contributed by atoms with van der Waals surface area (Å²) in [6.45, 7) is 5.67. The molecule has 2 aromatic rings. The van der Waals surface area contributed by atoms with Gasteiger partial charge in [0.15, 0.2) is 0 Å². The number of ether oxygens (including phenoxy) is 1. The predicted molar refractivity (Wildman–Crippen MR) is 105 cm³/mol. The summed E-state index contributed by atoms with van der Waals surface area (Å²) in [5, 5.41) is 0.524. The Kier molecular flexibility index (Phi) is 6.19. The molecule has 1 atom stereocenters. The third-order valence-electron chi connectivity index (χ3n) is 4.40. The van der Waals surface area contributed by atoms with Gasteiger partial charge in [0.05, 0.1) is 18.5 Å². The molecular weight excluding hydrogens is 372 g/mol. The van der Waals surface area contributed by atoms with Gasteiger partial charge in [0.2, 0.25) is 10.0 Å². The molecule has 0 radical (unpaired) electrons. The van der Waals surface area contributed by atoms with Gasteiger partial charge in [-0.3, -0.25) is 9.62 Å². The van der Waals surface area contributed by atoms with Crippen molar-refractivity contribution in [3.05, 3.63) is 64.7 Å². The predicted octanol–water partition coefficient (Wildman–Crippen LogP) is 3.68. The molecule has 0 amide bonds. The van der Waals surface area contributed by atoms with Crippen LogP contribution >= 0.6 is 11.6 Å². The molecule has 0 saturated carbocycles. The van der Waals surface area contributed by atoms with Gasteiger partial charge < -0.3 is 4.74 Å². The number of benzene rings is 2. The molecular formula is C19H23ClN2O3S. The van der Waals surface area contributed by atoms with Gasteiger partial charge >= 0.3 is 0 Å². The van der Waals surface area contributed by atoms with Crippen LogP contribution in [-0.2, 0) is 20.5 Å². The van der Waals surface area contributed by atoms with Crippen LogP contribution in [0, 0.1) is 0 Å². The standard InChI is InChI=1S/C19H23ClN2O3S/c1-2-22-10-11-25-19(13-22)16-6-8-18(9-7-16)21-26(23,24)14-15-4-3-5-17(20)12-15/h3-9,12,19,21H,2,10-11,13-14H2,1H3. The topological polar surface area (TPSA) is 58.6 Å². The number of hydrogen-bond donors (Lipinski definition) is 1. The van der Waals surface area contributed by atoms with E-state index in [1.54, 1.807) is 36.4 Å². The first-order valence-electron chi connectivity index (χ1n) is 8.64. The van der Waals surface area contributed by atoms with Gasteiger partial charge in [0, 0.05) is 23.8 Å². The van der Waals surface area contributed by atoms with Crippen molar-refractivity contribution in [3.63, 3.8) is 0 Å². The normalized spacial score (nSPS) is 18.6. The first kappa shape index (κ1) is 19.2. The number of morpholine rings is 1. The molecule has 3 rings (SSSR count). The maximum atomic E-state index is 12.4. The van der Waals surface area contributed by atoms with E-state index in [0.29, 0.717) is 22.9 Å². The number of nitrogens with one attached hydrogen (secondary N) is 1. The Morgan fingerprint density at radius 3 is 2.69 bits per heavy atom. The van der Waals surface area contributed by atoms with Gasteiger partial charge in [0.25, 0.3) is 0 Å². The molecule has 5 nitrogen and oxygen atoms in total. The van der Waals surface area contributed by atoms with Crippen LogP contribution in [0.15, 0.2) is 48.5 Å². The van der Waals surface area contributed by atoms with E-state index in [9.17, 15) is 8.42 Å². The molecule has 0 bridgehead atoms. The molecule has 1 aliphatic heterocycles. The Morgan fingerprint density at radius 2 is 2.00 bits per heavy atom. The van der Waals surface area contributed by atoms with Crippen molar-refractivity contribution in [3.8, 4) is 0 Å². The maximum absolute atomic E-state index is 12.4. The lowest BCUT2D eigenvalue weighted by Gasteiger charge is -2.32. The highest BCUT2D eigenvalue weighted by Gasteiger charge is 2.21. The summed E-state index contributed by atoms with van der Waals surface area (Å²) < 4.78 is 33.2. The van der Waals surface area contributed by atoms with E-state index in [0.717, 1.165) is 25.2 Å². The molecule has 0 aliphatic carbocycles. The van der Waals surface area contributed by atoms with Crippen LogP contribution in [-0.4, -0.2) is 39.6 Å². The number of likely N-dealkylation sites (N-methyl/N-ethyl adjacent to an activating group) is 1. The van der Waals surface area contributed by atoms with E-state index in [-0.39, 0.29) is 11.9 Å². The SMILES string of the molecule is CCN1CCOC(c2ccc(NS(=O)(=O)Cc3cccc(Cl)c3)cc2)C1. The largest absolute Gasteiger partial charge is 0.371 e. The summed E-state index contributed by atoms with van der Waals surface area (Å²) in [5.41, 5.74) is 2.25. The molecule has 1 unspecified atom stereocenters. The Labute approximate surface area is 160 Å². The molecule has 140 valence electrons. The highest BCUT2D eigenvalue weighted by atomic mass is 35.5. The Morgan fingerprint density at radius 1 is 1.23 bits per heavy atom. The fourth-order valence-electron chi connectivity index (χ4n) is 3.02. The molecule has 1 heterocycles. The first-order valence-corrected chi connectivity index (χ1v) is 10.7. The van der Waals surface area contributed by atoms with E-state index in [1.807, 2.05) is 12.1 Å². The monoisotopic (exact) mass is 394 g/mol. The second-order valence-electron chi connectivity index (χ2n) is 6.37. The van der Waals surface area contributed by atoms with Crippen molar-refractivity contribution in [2.45, 2.75) is 18.8 Å². The van der Waals surface area contributed by atoms with Crippen molar-refractivity contribution in [1.29, 1.82) is 0 Å². The highest BCUT2D eigenvalue weighted by molar-refractivity contribution is 7.91. The maximum Gasteiger partial charge on any atom is 0.236 e. The third kappa shape index (κ3) is 5.20. The van der Waals surface area contributed by atoms with Crippen molar-refractivity contribution in [2.75, 3.05) is 31.0 Å². The second-order valence-corrected chi connectivity index (χ2v) is 8.52. The van der Waals surface area contributed by atoms with Gasteiger partial charge in [-0.25, -0.2) is 8.42 Å². The van der Waals surface area contributed by atoms with Crippen LogP contribution in [0.25, 0.3) is 0 Å².